The number of hydrogen-bond acceptors (Lipinski definition) is 6. The average molecular weight is 447 g/mol. The highest BCUT2D eigenvalue weighted by molar-refractivity contribution is 6.51. The number of hydrogen-bond donors (Lipinski definition) is 1. The molecule has 0 spiro atoms. The summed E-state index contributed by atoms with van der Waals surface area (Å²) < 4.78 is 10.3. The third-order valence-electron chi connectivity index (χ3n) is 5.76. The van der Waals surface area contributed by atoms with Crippen molar-refractivity contribution in [2.75, 3.05) is 12.0 Å². The normalized spacial score (nSPS) is 18.1. The first-order chi connectivity index (χ1) is 15.6. The Bertz CT molecular complexity index is 1230. The Balaban J connectivity index is 1.89. The number of ether oxygens (including phenoxy) is 1. The number of aliphatic hydroxyl groups is 1. The molecule has 1 saturated heterocycles. The number of Topliss-reactive ketones (excluding diaryl/α,β-unsaturated/α-hetero) is 1. The Labute approximate surface area is 192 Å². The molecule has 7 heteroatoms. The predicted molar refractivity (Wildman–Crippen MR) is 124 cm³/mol. The van der Waals surface area contributed by atoms with Crippen LogP contribution < -0.4 is 9.64 Å². The number of aryl methyl sites for hydroxylation is 1. The van der Waals surface area contributed by atoms with Crippen LogP contribution in [0.4, 0.5) is 5.82 Å². The third kappa shape index (κ3) is 4.02. The van der Waals surface area contributed by atoms with E-state index in [1.165, 1.54) is 4.90 Å². The number of aromatic nitrogens is 1. The number of anilines is 1. The molecule has 0 unspecified atom stereocenters. The summed E-state index contributed by atoms with van der Waals surface area (Å²) in [5.74, 6) is -0.489. The number of ketones is 1. The van der Waals surface area contributed by atoms with Gasteiger partial charge >= 0.3 is 5.91 Å². The molecule has 4 rings (SSSR count). The van der Waals surface area contributed by atoms with Gasteiger partial charge in [-0.25, -0.2) is 0 Å². The number of nitrogens with zero attached hydrogens (tertiary/aromatic N) is 2. The molecule has 1 atom stereocenters. The van der Waals surface area contributed by atoms with Gasteiger partial charge in [0.15, 0.2) is 5.82 Å². The molecule has 170 valence electrons. The fourth-order valence-corrected chi connectivity index (χ4v) is 3.92. The Morgan fingerprint density at radius 1 is 1.06 bits per heavy atom. The summed E-state index contributed by atoms with van der Waals surface area (Å²) in [6.07, 6.45) is 0. The van der Waals surface area contributed by atoms with E-state index in [0.717, 1.165) is 5.56 Å². The largest absolute Gasteiger partial charge is 0.507 e. The second-order valence-electron chi connectivity index (χ2n) is 9.07. The Kier molecular flexibility index (Phi) is 5.57. The van der Waals surface area contributed by atoms with E-state index in [1.54, 1.807) is 44.4 Å². The molecule has 1 fully saturated rings. The molecule has 3 aromatic rings. The molecule has 0 radical (unpaired) electrons. The van der Waals surface area contributed by atoms with Crippen molar-refractivity contribution in [1.29, 1.82) is 0 Å². The van der Waals surface area contributed by atoms with E-state index < -0.39 is 17.7 Å². The lowest BCUT2D eigenvalue weighted by Crippen LogP contribution is -2.29. The molecule has 1 aliphatic heterocycles. The molecule has 2 heterocycles. The zero-order valence-electron chi connectivity index (χ0n) is 19.2. The van der Waals surface area contributed by atoms with Gasteiger partial charge in [-0.05, 0) is 47.7 Å². The van der Waals surface area contributed by atoms with Crippen molar-refractivity contribution in [3.05, 3.63) is 82.6 Å². The average Bonchev–Trinajstić information content (AvgIpc) is 3.33. The van der Waals surface area contributed by atoms with Gasteiger partial charge in [-0.1, -0.05) is 50.2 Å². The summed E-state index contributed by atoms with van der Waals surface area (Å²) in [7, 11) is 1.54. The molecule has 0 aliphatic carbocycles. The van der Waals surface area contributed by atoms with Crippen molar-refractivity contribution in [1.82, 2.24) is 5.16 Å². The molecular formula is C26H26N2O5. The lowest BCUT2D eigenvalue weighted by Gasteiger charge is -2.24. The minimum Gasteiger partial charge on any atom is -0.507 e. The van der Waals surface area contributed by atoms with Crippen LogP contribution >= 0.6 is 0 Å². The number of carbonyl (C=O) groups is 2. The highest BCUT2D eigenvalue weighted by Gasteiger charge is 2.48. The first-order valence-corrected chi connectivity index (χ1v) is 10.6. The van der Waals surface area contributed by atoms with Gasteiger partial charge < -0.3 is 14.4 Å². The second kappa shape index (κ2) is 8.24. The Hall–Kier alpha value is -3.87. The van der Waals surface area contributed by atoms with Crippen LogP contribution in [0.15, 0.2) is 64.7 Å². The first kappa shape index (κ1) is 22.3. The van der Waals surface area contributed by atoms with Crippen molar-refractivity contribution in [2.45, 2.75) is 39.2 Å². The zero-order valence-corrected chi connectivity index (χ0v) is 19.2. The number of amides is 1. The van der Waals surface area contributed by atoms with Gasteiger partial charge in [0.05, 0.1) is 18.7 Å². The van der Waals surface area contributed by atoms with Crippen LogP contribution in [0.5, 0.6) is 5.75 Å². The van der Waals surface area contributed by atoms with E-state index >= 15 is 0 Å². The molecule has 33 heavy (non-hydrogen) atoms. The fraction of sp³-hybridized carbons (Fsp3) is 0.269. The number of rotatable bonds is 4. The van der Waals surface area contributed by atoms with Gasteiger partial charge in [0, 0.05) is 11.6 Å². The van der Waals surface area contributed by atoms with Gasteiger partial charge in [0.1, 0.15) is 17.3 Å². The van der Waals surface area contributed by atoms with Crippen LogP contribution in [-0.2, 0) is 15.0 Å². The smallest absolute Gasteiger partial charge is 0.301 e. The van der Waals surface area contributed by atoms with E-state index in [9.17, 15) is 14.7 Å². The van der Waals surface area contributed by atoms with Crippen molar-refractivity contribution in [2.24, 2.45) is 0 Å². The number of methoxy groups -OCH3 is 1. The molecule has 1 aliphatic rings. The van der Waals surface area contributed by atoms with Crippen LogP contribution in [0, 0.1) is 6.92 Å². The molecule has 0 saturated carbocycles. The van der Waals surface area contributed by atoms with Gasteiger partial charge in [0.25, 0.3) is 5.78 Å². The van der Waals surface area contributed by atoms with E-state index in [1.807, 2.05) is 24.3 Å². The molecule has 2 aromatic carbocycles. The minimum atomic E-state index is -0.856. The number of carbonyl (C=O) groups excluding carboxylic acids is 2. The summed E-state index contributed by atoms with van der Waals surface area (Å²) >= 11 is 0. The molecule has 7 nitrogen and oxygen atoms in total. The van der Waals surface area contributed by atoms with Crippen LogP contribution in [0.3, 0.4) is 0 Å². The van der Waals surface area contributed by atoms with Crippen molar-refractivity contribution in [3.63, 3.8) is 0 Å². The third-order valence-corrected chi connectivity index (χ3v) is 5.76. The predicted octanol–water partition coefficient (Wildman–Crippen LogP) is 4.92. The highest BCUT2D eigenvalue weighted by atomic mass is 16.5. The maximum atomic E-state index is 13.2. The van der Waals surface area contributed by atoms with E-state index in [4.69, 9.17) is 9.26 Å². The standard InChI is InChI=1S/C26H26N2O5/c1-15-14-20(27-33-15)28-22(16-6-10-18(11-7-16)26(2,3)4)21(24(30)25(28)31)23(29)17-8-12-19(32-5)13-9-17/h6-14,22,29H,1-5H3/t22-/m1/s1. The van der Waals surface area contributed by atoms with E-state index in [-0.39, 0.29) is 22.6 Å². The van der Waals surface area contributed by atoms with E-state index in [0.29, 0.717) is 22.6 Å². The zero-order chi connectivity index (χ0) is 23.9. The summed E-state index contributed by atoms with van der Waals surface area (Å²) in [5, 5.41) is 15.1. The van der Waals surface area contributed by atoms with Crippen molar-refractivity contribution >= 4 is 23.3 Å². The molecule has 1 aromatic heterocycles. The maximum Gasteiger partial charge on any atom is 0.301 e. The van der Waals surface area contributed by atoms with Crippen molar-refractivity contribution < 1.29 is 24.0 Å². The van der Waals surface area contributed by atoms with Gasteiger partial charge in [-0.15, -0.1) is 0 Å². The van der Waals surface area contributed by atoms with Crippen LogP contribution in [-0.4, -0.2) is 29.1 Å². The second-order valence-corrected chi connectivity index (χ2v) is 9.07. The van der Waals surface area contributed by atoms with Gasteiger partial charge in [-0.3, -0.25) is 14.5 Å². The van der Waals surface area contributed by atoms with Crippen LogP contribution in [0.1, 0.15) is 49.3 Å². The molecule has 1 N–H and O–H groups in total. The summed E-state index contributed by atoms with van der Waals surface area (Å²) in [6.45, 7) is 8.03. The summed E-state index contributed by atoms with van der Waals surface area (Å²) in [6, 6.07) is 15.1. The Morgan fingerprint density at radius 3 is 2.21 bits per heavy atom. The molecule has 1 amide bonds. The van der Waals surface area contributed by atoms with Crippen molar-refractivity contribution in [3.8, 4) is 5.75 Å². The topological polar surface area (TPSA) is 92.9 Å². The summed E-state index contributed by atoms with van der Waals surface area (Å²) in [5.41, 5.74) is 2.12. The SMILES string of the molecule is COc1ccc(C(O)=C2C(=O)C(=O)N(c3cc(C)on3)[C@@H]2c2ccc(C(C)(C)C)cc2)cc1. The first-order valence-electron chi connectivity index (χ1n) is 10.6. The fourth-order valence-electron chi connectivity index (χ4n) is 3.92. The molecule has 0 bridgehead atoms. The quantitative estimate of drug-likeness (QED) is 0.348. The van der Waals surface area contributed by atoms with E-state index in [2.05, 4.69) is 25.9 Å². The van der Waals surface area contributed by atoms with Crippen LogP contribution in [0.2, 0.25) is 0 Å². The van der Waals surface area contributed by atoms with Gasteiger partial charge in [-0.2, -0.15) is 0 Å². The number of aliphatic hydroxyl groups excluding tert-OH is 1. The lowest BCUT2D eigenvalue weighted by atomic mass is 9.85. The summed E-state index contributed by atoms with van der Waals surface area (Å²) in [4.78, 5) is 27.5. The highest BCUT2D eigenvalue weighted by Crippen LogP contribution is 2.42. The lowest BCUT2D eigenvalue weighted by molar-refractivity contribution is -0.132. The van der Waals surface area contributed by atoms with Crippen LogP contribution in [0.25, 0.3) is 5.76 Å². The molecular weight excluding hydrogens is 420 g/mol. The minimum absolute atomic E-state index is 0.00525. The Morgan fingerprint density at radius 2 is 1.70 bits per heavy atom. The number of benzene rings is 2. The van der Waals surface area contributed by atoms with Gasteiger partial charge in [0.2, 0.25) is 0 Å². The monoisotopic (exact) mass is 446 g/mol. The maximum absolute atomic E-state index is 13.2.